The Morgan fingerprint density at radius 2 is 1.79 bits per heavy atom. The Kier molecular flexibility index (Phi) is 8.81. The van der Waals surface area contributed by atoms with Gasteiger partial charge in [-0.2, -0.15) is 0 Å². The molecule has 2 heterocycles. The molecule has 1 aromatic carbocycles. The molecule has 2 fully saturated rings. The average Bonchev–Trinajstić information content (AvgIpc) is 2.75. The van der Waals surface area contributed by atoms with Gasteiger partial charge in [0.2, 0.25) is 0 Å². The second-order valence-electron chi connectivity index (χ2n) is 8.51. The summed E-state index contributed by atoms with van der Waals surface area (Å²) in [7, 11) is 0. The lowest BCUT2D eigenvalue weighted by molar-refractivity contribution is -0.145. The summed E-state index contributed by atoms with van der Waals surface area (Å²) in [5.74, 6) is 0.674. The minimum absolute atomic E-state index is 0.0109. The van der Waals surface area contributed by atoms with Crippen LogP contribution in [0.5, 0.6) is 0 Å². The number of hydrogen-bond acceptors (Lipinski definition) is 4. The lowest BCUT2D eigenvalue weighted by Gasteiger charge is -2.39. The van der Waals surface area contributed by atoms with Gasteiger partial charge in [-0.3, -0.25) is 9.69 Å². The van der Waals surface area contributed by atoms with Crippen LogP contribution in [0.15, 0.2) is 30.3 Å². The van der Waals surface area contributed by atoms with E-state index in [-0.39, 0.29) is 5.97 Å². The van der Waals surface area contributed by atoms with Crippen molar-refractivity contribution in [2.45, 2.75) is 70.3 Å². The van der Waals surface area contributed by atoms with Gasteiger partial charge in [0.25, 0.3) is 0 Å². The van der Waals surface area contributed by atoms with Crippen molar-refractivity contribution in [3.63, 3.8) is 0 Å². The molecule has 2 aliphatic rings. The molecular weight excluding hydrogens is 348 g/mol. The number of rotatable bonds is 9. The van der Waals surface area contributed by atoms with E-state index in [0.29, 0.717) is 25.0 Å². The molecule has 0 spiro atoms. The summed E-state index contributed by atoms with van der Waals surface area (Å²) in [5.41, 5.74) is 1.48. The van der Waals surface area contributed by atoms with Crippen LogP contribution in [0.1, 0.15) is 69.8 Å². The maximum atomic E-state index is 12.4. The molecule has 1 unspecified atom stereocenters. The SMILES string of the molecule is CCCCOC(=O)CC(CN1CCC(c2ccccc2)CC1)N1CCCCC1. The Morgan fingerprint density at radius 3 is 2.46 bits per heavy atom. The van der Waals surface area contributed by atoms with Crippen LogP contribution in [-0.2, 0) is 9.53 Å². The number of esters is 1. The summed E-state index contributed by atoms with van der Waals surface area (Å²) in [5, 5.41) is 0. The van der Waals surface area contributed by atoms with Crippen LogP contribution < -0.4 is 0 Å². The molecule has 156 valence electrons. The van der Waals surface area contributed by atoms with E-state index in [1.54, 1.807) is 0 Å². The van der Waals surface area contributed by atoms with Gasteiger partial charge in [-0.05, 0) is 69.8 Å². The number of piperidine rings is 2. The lowest BCUT2D eigenvalue weighted by atomic mass is 9.89. The van der Waals surface area contributed by atoms with Gasteiger partial charge < -0.3 is 9.64 Å². The van der Waals surface area contributed by atoms with E-state index < -0.39 is 0 Å². The summed E-state index contributed by atoms with van der Waals surface area (Å²) >= 11 is 0. The van der Waals surface area contributed by atoms with Crippen LogP contribution >= 0.6 is 0 Å². The van der Waals surface area contributed by atoms with Gasteiger partial charge in [0.05, 0.1) is 13.0 Å². The van der Waals surface area contributed by atoms with Gasteiger partial charge in [-0.1, -0.05) is 50.1 Å². The van der Waals surface area contributed by atoms with Crippen LogP contribution in [0.3, 0.4) is 0 Å². The topological polar surface area (TPSA) is 32.8 Å². The zero-order valence-corrected chi connectivity index (χ0v) is 17.7. The van der Waals surface area contributed by atoms with E-state index in [0.717, 1.165) is 45.6 Å². The van der Waals surface area contributed by atoms with Crippen molar-refractivity contribution < 1.29 is 9.53 Å². The monoisotopic (exact) mass is 386 g/mol. The van der Waals surface area contributed by atoms with Gasteiger partial charge >= 0.3 is 5.97 Å². The van der Waals surface area contributed by atoms with Crippen molar-refractivity contribution in [1.82, 2.24) is 9.80 Å². The third kappa shape index (κ3) is 6.59. The number of carbonyl (C=O) groups excluding carboxylic acids is 1. The first-order chi connectivity index (χ1) is 13.8. The van der Waals surface area contributed by atoms with Crippen LogP contribution in [0, 0.1) is 0 Å². The van der Waals surface area contributed by atoms with E-state index in [9.17, 15) is 4.79 Å². The zero-order valence-electron chi connectivity index (χ0n) is 17.7. The third-order valence-corrected chi connectivity index (χ3v) is 6.40. The fourth-order valence-corrected chi connectivity index (χ4v) is 4.65. The molecule has 0 saturated carbocycles. The number of carbonyl (C=O) groups is 1. The first kappa shape index (κ1) is 21.3. The summed E-state index contributed by atoms with van der Waals surface area (Å²) in [4.78, 5) is 17.5. The van der Waals surface area contributed by atoms with E-state index in [1.807, 2.05) is 0 Å². The predicted octanol–water partition coefficient (Wildman–Crippen LogP) is 4.45. The van der Waals surface area contributed by atoms with Crippen molar-refractivity contribution in [1.29, 1.82) is 0 Å². The van der Waals surface area contributed by atoms with Gasteiger partial charge in [0, 0.05) is 12.6 Å². The lowest BCUT2D eigenvalue weighted by Crippen LogP contribution is -2.48. The molecule has 3 rings (SSSR count). The van der Waals surface area contributed by atoms with Crippen LogP contribution in [0.25, 0.3) is 0 Å². The molecule has 4 nitrogen and oxygen atoms in total. The molecule has 1 aromatic rings. The summed E-state index contributed by atoms with van der Waals surface area (Å²) in [6.45, 7) is 8.24. The Labute approximate surface area is 171 Å². The summed E-state index contributed by atoms with van der Waals surface area (Å²) < 4.78 is 5.48. The highest BCUT2D eigenvalue weighted by Crippen LogP contribution is 2.28. The molecule has 2 aliphatic heterocycles. The molecular formula is C24H38N2O2. The van der Waals surface area contributed by atoms with E-state index in [4.69, 9.17) is 4.74 Å². The number of hydrogen-bond donors (Lipinski definition) is 0. The molecule has 4 heteroatoms. The van der Waals surface area contributed by atoms with Crippen LogP contribution in [0.4, 0.5) is 0 Å². The number of nitrogens with zero attached hydrogens (tertiary/aromatic N) is 2. The van der Waals surface area contributed by atoms with Crippen molar-refractivity contribution in [3.8, 4) is 0 Å². The fraction of sp³-hybridized carbons (Fsp3) is 0.708. The second kappa shape index (κ2) is 11.6. The van der Waals surface area contributed by atoms with Gasteiger partial charge in [0.15, 0.2) is 0 Å². The molecule has 0 aromatic heterocycles. The quantitative estimate of drug-likeness (QED) is 0.464. The first-order valence-electron chi connectivity index (χ1n) is 11.4. The summed E-state index contributed by atoms with van der Waals surface area (Å²) in [6, 6.07) is 11.2. The Balaban J connectivity index is 1.51. The molecule has 1 atom stereocenters. The maximum absolute atomic E-state index is 12.4. The van der Waals surface area contributed by atoms with Crippen molar-refractivity contribution in [2.24, 2.45) is 0 Å². The number of likely N-dealkylation sites (tertiary alicyclic amines) is 2. The van der Waals surface area contributed by atoms with E-state index in [1.165, 1.54) is 37.7 Å². The number of benzene rings is 1. The smallest absolute Gasteiger partial charge is 0.307 e. The fourth-order valence-electron chi connectivity index (χ4n) is 4.65. The van der Waals surface area contributed by atoms with Crippen LogP contribution in [0.2, 0.25) is 0 Å². The van der Waals surface area contributed by atoms with Gasteiger partial charge in [-0.15, -0.1) is 0 Å². The van der Waals surface area contributed by atoms with Gasteiger partial charge in [0.1, 0.15) is 0 Å². The number of ether oxygens (including phenoxy) is 1. The summed E-state index contributed by atoms with van der Waals surface area (Å²) in [6.07, 6.45) is 8.87. The maximum Gasteiger partial charge on any atom is 0.307 e. The normalized spacial score (nSPS) is 20.8. The molecule has 0 N–H and O–H groups in total. The first-order valence-corrected chi connectivity index (χ1v) is 11.4. The molecule has 2 saturated heterocycles. The number of unbranched alkanes of at least 4 members (excludes halogenated alkanes) is 1. The van der Waals surface area contributed by atoms with Crippen LogP contribution in [-0.4, -0.2) is 61.1 Å². The average molecular weight is 387 g/mol. The predicted molar refractivity (Wildman–Crippen MR) is 115 cm³/mol. The Bertz CT molecular complexity index is 563. The minimum Gasteiger partial charge on any atom is -0.466 e. The largest absolute Gasteiger partial charge is 0.466 e. The van der Waals surface area contributed by atoms with Gasteiger partial charge in [-0.25, -0.2) is 0 Å². The molecule has 0 radical (unpaired) electrons. The second-order valence-corrected chi connectivity index (χ2v) is 8.51. The third-order valence-electron chi connectivity index (χ3n) is 6.40. The molecule has 0 bridgehead atoms. The molecule has 0 amide bonds. The standard InChI is InChI=1S/C24H38N2O2/c1-2-3-18-28-24(27)19-23(26-14-8-5-9-15-26)20-25-16-12-22(13-17-25)21-10-6-4-7-11-21/h4,6-7,10-11,22-23H,2-3,5,8-9,12-20H2,1H3. The Morgan fingerprint density at radius 1 is 1.07 bits per heavy atom. The van der Waals surface area contributed by atoms with Crippen molar-refractivity contribution >= 4 is 5.97 Å². The minimum atomic E-state index is -0.0109. The zero-order chi connectivity index (χ0) is 19.6. The van der Waals surface area contributed by atoms with E-state index >= 15 is 0 Å². The van der Waals surface area contributed by atoms with E-state index in [2.05, 4.69) is 47.1 Å². The Hall–Kier alpha value is -1.39. The highest BCUT2D eigenvalue weighted by atomic mass is 16.5. The highest BCUT2D eigenvalue weighted by Gasteiger charge is 2.28. The molecule has 0 aliphatic carbocycles. The van der Waals surface area contributed by atoms with Crippen molar-refractivity contribution in [3.05, 3.63) is 35.9 Å². The molecule has 28 heavy (non-hydrogen) atoms. The highest BCUT2D eigenvalue weighted by molar-refractivity contribution is 5.70. The van der Waals surface area contributed by atoms with Crippen molar-refractivity contribution in [2.75, 3.05) is 39.3 Å².